The van der Waals surface area contributed by atoms with Gasteiger partial charge in [-0.3, -0.25) is 0 Å². The Morgan fingerprint density at radius 1 is 0.636 bits per heavy atom. The van der Waals surface area contributed by atoms with Crippen LogP contribution in [0, 0.1) is 20.8 Å². The Morgan fingerprint density at radius 3 is 1.61 bits per heavy atom. The van der Waals surface area contributed by atoms with Gasteiger partial charge in [0.2, 0.25) is 0 Å². The van der Waals surface area contributed by atoms with E-state index >= 15 is 0 Å². The van der Waals surface area contributed by atoms with Crippen LogP contribution in [0.4, 0.5) is 0 Å². The van der Waals surface area contributed by atoms with Gasteiger partial charge in [-0.1, -0.05) is 0 Å². The SMILES string of the molecule is Cc1ccccc1OP(O)(OC(=O)c1ccccc1)(c1ccccc1C)c1ccccc1C. The van der Waals surface area contributed by atoms with Crippen molar-refractivity contribution in [3.63, 3.8) is 0 Å². The number of para-hydroxylation sites is 1. The van der Waals surface area contributed by atoms with Crippen LogP contribution in [0.15, 0.2) is 103 Å². The van der Waals surface area contributed by atoms with Crippen LogP contribution in [0.25, 0.3) is 0 Å². The molecule has 0 bridgehead atoms. The summed E-state index contributed by atoms with van der Waals surface area (Å²) in [6.45, 7) is 5.65. The van der Waals surface area contributed by atoms with Crippen molar-refractivity contribution in [1.29, 1.82) is 0 Å². The molecule has 0 unspecified atom stereocenters. The Hall–Kier alpha value is -3.46. The maximum atomic E-state index is 13.5. The third-order valence-electron chi connectivity index (χ3n) is 5.70. The topological polar surface area (TPSA) is 55.8 Å². The molecule has 0 saturated carbocycles. The minimum atomic E-state index is -5.03. The van der Waals surface area contributed by atoms with Crippen molar-refractivity contribution in [3.8, 4) is 5.75 Å². The van der Waals surface area contributed by atoms with Crippen molar-refractivity contribution >= 4 is 23.9 Å². The molecule has 0 radical (unpaired) electrons. The molecule has 0 spiro atoms. The number of aryl methyl sites for hydroxylation is 3. The van der Waals surface area contributed by atoms with Crippen LogP contribution < -0.4 is 15.1 Å². The summed E-state index contributed by atoms with van der Waals surface area (Å²) in [5, 5.41) is 0.899. The van der Waals surface area contributed by atoms with Crippen LogP contribution in [0.1, 0.15) is 27.0 Å². The first-order valence-electron chi connectivity index (χ1n) is 10.8. The van der Waals surface area contributed by atoms with E-state index in [1.807, 2.05) is 81.4 Å². The number of carbonyl (C=O) groups is 1. The molecule has 0 saturated heterocycles. The predicted octanol–water partition coefficient (Wildman–Crippen LogP) is 5.79. The van der Waals surface area contributed by atoms with Crippen molar-refractivity contribution in [2.75, 3.05) is 0 Å². The molecule has 0 aliphatic heterocycles. The Labute approximate surface area is 194 Å². The van der Waals surface area contributed by atoms with Gasteiger partial charge in [0.1, 0.15) is 0 Å². The Morgan fingerprint density at radius 2 is 1.09 bits per heavy atom. The third-order valence-corrected chi connectivity index (χ3v) is 9.45. The first-order valence-corrected chi connectivity index (χ1v) is 12.8. The fraction of sp³-hybridized carbons (Fsp3) is 0.107. The van der Waals surface area contributed by atoms with Gasteiger partial charge < -0.3 is 0 Å². The van der Waals surface area contributed by atoms with E-state index < -0.39 is 13.3 Å². The molecule has 4 aromatic carbocycles. The molecule has 0 aliphatic carbocycles. The number of rotatable bonds is 6. The van der Waals surface area contributed by atoms with Crippen molar-refractivity contribution in [1.82, 2.24) is 0 Å². The van der Waals surface area contributed by atoms with Crippen LogP contribution in [0.5, 0.6) is 5.75 Å². The van der Waals surface area contributed by atoms with Crippen LogP contribution in [0.2, 0.25) is 0 Å². The van der Waals surface area contributed by atoms with Gasteiger partial charge in [-0.2, -0.15) is 0 Å². The molecule has 168 valence electrons. The second-order valence-electron chi connectivity index (χ2n) is 8.09. The minimum absolute atomic E-state index is 0.330. The number of hydrogen-bond donors (Lipinski definition) is 1. The summed E-state index contributed by atoms with van der Waals surface area (Å²) in [5.41, 5.74) is 2.67. The first kappa shape index (κ1) is 22.7. The van der Waals surface area contributed by atoms with E-state index in [2.05, 4.69) is 0 Å². The molecule has 0 amide bonds. The molecule has 33 heavy (non-hydrogen) atoms. The predicted molar refractivity (Wildman–Crippen MR) is 134 cm³/mol. The van der Waals surface area contributed by atoms with Gasteiger partial charge >= 0.3 is 195 Å². The molecule has 0 aliphatic rings. The summed E-state index contributed by atoms with van der Waals surface area (Å²) in [6, 6.07) is 30.7. The Bertz CT molecular complexity index is 1250. The second-order valence-corrected chi connectivity index (χ2v) is 11.2. The van der Waals surface area contributed by atoms with Gasteiger partial charge in [0.05, 0.1) is 0 Å². The molecule has 4 aromatic rings. The van der Waals surface area contributed by atoms with E-state index in [-0.39, 0.29) is 0 Å². The summed E-state index contributed by atoms with van der Waals surface area (Å²) in [4.78, 5) is 26.4. The molecular weight excluding hydrogens is 431 g/mol. The fourth-order valence-corrected chi connectivity index (χ4v) is 7.74. The molecule has 0 aromatic heterocycles. The van der Waals surface area contributed by atoms with Gasteiger partial charge in [0.25, 0.3) is 0 Å². The van der Waals surface area contributed by atoms with E-state index in [0.717, 1.165) is 16.7 Å². The van der Waals surface area contributed by atoms with Gasteiger partial charge in [-0.05, 0) is 0 Å². The first-order chi connectivity index (χ1) is 15.8. The summed E-state index contributed by atoms with van der Waals surface area (Å²) in [7, 11) is -5.03. The number of benzene rings is 4. The average Bonchev–Trinajstić information content (AvgIpc) is 2.82. The average molecular weight is 458 g/mol. The Kier molecular flexibility index (Phi) is 6.07. The number of hydrogen-bond acceptors (Lipinski definition) is 4. The standard InChI is InChI=1S/C28H27O4P/c1-21-13-7-10-18-25(21)31-33(30,26-19-11-8-14-22(26)2,27-20-12-9-15-23(27)3)32-28(29)24-16-5-4-6-17-24/h4-20,30H,1-3H3. The van der Waals surface area contributed by atoms with Crippen LogP contribution >= 0.6 is 7.28 Å². The molecule has 5 heteroatoms. The third kappa shape index (κ3) is 4.16. The van der Waals surface area contributed by atoms with Crippen molar-refractivity contribution < 1.29 is 18.7 Å². The van der Waals surface area contributed by atoms with Crippen molar-refractivity contribution in [2.45, 2.75) is 20.8 Å². The van der Waals surface area contributed by atoms with Crippen LogP contribution in [-0.4, -0.2) is 10.9 Å². The monoisotopic (exact) mass is 458 g/mol. The van der Waals surface area contributed by atoms with Gasteiger partial charge in [0, 0.05) is 0 Å². The van der Waals surface area contributed by atoms with Crippen LogP contribution in [-0.2, 0) is 4.52 Å². The summed E-state index contributed by atoms with van der Waals surface area (Å²) in [5.74, 6) is -0.208. The van der Waals surface area contributed by atoms with Gasteiger partial charge in [0.15, 0.2) is 0 Å². The molecule has 4 rings (SSSR count). The molecular formula is C28H27O4P. The quantitative estimate of drug-likeness (QED) is 0.372. The second kappa shape index (κ2) is 8.82. The van der Waals surface area contributed by atoms with Gasteiger partial charge in [-0.25, -0.2) is 0 Å². The van der Waals surface area contributed by atoms with Crippen LogP contribution in [0.3, 0.4) is 0 Å². The molecule has 0 heterocycles. The molecule has 1 N–H and O–H groups in total. The van der Waals surface area contributed by atoms with E-state index in [9.17, 15) is 9.69 Å². The van der Waals surface area contributed by atoms with Crippen molar-refractivity contribution in [3.05, 3.63) is 125 Å². The zero-order valence-corrected chi connectivity index (χ0v) is 19.8. The zero-order valence-electron chi connectivity index (χ0n) is 18.9. The normalized spacial score (nSPS) is 12.4. The number of carbonyl (C=O) groups excluding carboxylic acids is 1. The van der Waals surface area contributed by atoms with Gasteiger partial charge in [-0.15, -0.1) is 0 Å². The van der Waals surface area contributed by atoms with E-state index in [0.29, 0.717) is 21.9 Å². The zero-order chi connectivity index (χ0) is 23.5. The maximum absolute atomic E-state index is 13.5. The summed E-state index contributed by atoms with van der Waals surface area (Å²) in [6.07, 6.45) is 0. The molecule has 4 nitrogen and oxygen atoms in total. The fourth-order valence-electron chi connectivity index (χ4n) is 3.98. The van der Waals surface area contributed by atoms with E-state index in [1.165, 1.54) is 0 Å². The molecule has 0 fully saturated rings. The molecule has 0 atom stereocenters. The Balaban J connectivity index is 2.06. The van der Waals surface area contributed by atoms with E-state index in [1.54, 1.807) is 42.5 Å². The van der Waals surface area contributed by atoms with Crippen molar-refractivity contribution in [2.24, 2.45) is 0 Å². The van der Waals surface area contributed by atoms with E-state index in [4.69, 9.17) is 9.05 Å². The summed E-state index contributed by atoms with van der Waals surface area (Å²) >= 11 is 0. The summed E-state index contributed by atoms with van der Waals surface area (Å²) < 4.78 is 12.8.